The van der Waals surface area contributed by atoms with Crippen LogP contribution in [0, 0.1) is 13.8 Å². The number of aryl methyl sites for hydroxylation is 1. The molecule has 1 fully saturated rings. The number of thioether (sulfide) groups is 1. The van der Waals surface area contributed by atoms with Crippen molar-refractivity contribution in [1.29, 1.82) is 0 Å². The van der Waals surface area contributed by atoms with E-state index in [1.54, 1.807) is 11.8 Å². The van der Waals surface area contributed by atoms with Gasteiger partial charge in [-0.2, -0.15) is 0 Å². The number of hydrogen-bond donors (Lipinski definition) is 0. The van der Waals surface area contributed by atoms with Gasteiger partial charge in [0.1, 0.15) is 0 Å². The summed E-state index contributed by atoms with van der Waals surface area (Å²) in [5.74, 6) is 0.120. The second-order valence-corrected chi connectivity index (χ2v) is 10.5. The van der Waals surface area contributed by atoms with E-state index in [1.165, 1.54) is 11.3 Å². The zero-order chi connectivity index (χ0) is 22.3. The Morgan fingerprint density at radius 1 is 1.35 bits per heavy atom. The molecule has 3 heterocycles. The number of likely N-dealkylation sites (N-methyl/N-ethyl adjacent to an activating group) is 1. The van der Waals surface area contributed by atoms with E-state index in [4.69, 9.17) is 9.72 Å². The average molecular weight is 440 g/mol. The monoisotopic (exact) mass is 439 g/mol. The van der Waals surface area contributed by atoms with Gasteiger partial charge in [-0.1, -0.05) is 43.8 Å². The Morgan fingerprint density at radius 2 is 2.10 bits per heavy atom. The summed E-state index contributed by atoms with van der Waals surface area (Å²) in [4.78, 5) is 20.2. The highest BCUT2D eigenvalue weighted by molar-refractivity contribution is 8.00. The molecule has 0 N–H and O–H groups in total. The Morgan fingerprint density at radius 3 is 2.77 bits per heavy atom. The molecule has 0 saturated carbocycles. The molecule has 0 radical (unpaired) electrons. The van der Waals surface area contributed by atoms with Gasteiger partial charge in [-0.15, -0.1) is 0 Å². The van der Waals surface area contributed by atoms with Gasteiger partial charge >= 0.3 is 0 Å². The summed E-state index contributed by atoms with van der Waals surface area (Å²) in [5, 5.41) is 0.692. The highest BCUT2D eigenvalue weighted by Crippen LogP contribution is 2.46. The van der Waals surface area contributed by atoms with Gasteiger partial charge in [-0.05, 0) is 45.2 Å². The first-order valence-corrected chi connectivity index (χ1v) is 12.0. The molecular formula is C25H33N3O2S. The summed E-state index contributed by atoms with van der Waals surface area (Å²) < 4.78 is 8.07. The van der Waals surface area contributed by atoms with Crippen LogP contribution in [-0.2, 0) is 21.5 Å². The molecular weight excluding hydrogens is 406 g/mol. The summed E-state index contributed by atoms with van der Waals surface area (Å²) in [5.41, 5.74) is 5.45. The minimum absolute atomic E-state index is 0.120. The first kappa shape index (κ1) is 22.2. The Hall–Kier alpha value is -2.05. The van der Waals surface area contributed by atoms with E-state index in [0.29, 0.717) is 0 Å². The van der Waals surface area contributed by atoms with Gasteiger partial charge in [0.15, 0.2) is 10.9 Å². The van der Waals surface area contributed by atoms with E-state index >= 15 is 0 Å². The normalized spacial score (nSPS) is 22.2. The van der Waals surface area contributed by atoms with Gasteiger partial charge in [0.2, 0.25) is 0 Å². The molecule has 1 aromatic carbocycles. The highest BCUT2D eigenvalue weighted by Gasteiger charge is 2.39. The van der Waals surface area contributed by atoms with Crippen molar-refractivity contribution < 1.29 is 9.53 Å². The van der Waals surface area contributed by atoms with Crippen molar-refractivity contribution in [2.75, 3.05) is 18.6 Å². The number of ketones is 1. The zero-order valence-electron chi connectivity index (χ0n) is 19.4. The lowest BCUT2D eigenvalue weighted by atomic mass is 9.83. The summed E-state index contributed by atoms with van der Waals surface area (Å²) in [6.45, 7) is 12.1. The quantitative estimate of drug-likeness (QED) is 0.466. The highest BCUT2D eigenvalue weighted by atomic mass is 32.2. The maximum Gasteiger partial charge on any atom is 0.170 e. The SMILES string of the molecule is Cc1nc(SC(C)C(=O)C=C2N(C)c3ccccc3C2(C)C)n(CC2CCCO2)c1C. The number of para-hydroxylation sites is 1. The van der Waals surface area contributed by atoms with Crippen molar-refractivity contribution in [3.63, 3.8) is 0 Å². The van der Waals surface area contributed by atoms with Crippen LogP contribution >= 0.6 is 11.8 Å². The Kier molecular flexibility index (Phi) is 6.05. The Bertz CT molecular complexity index is 1020. The fourth-order valence-electron chi connectivity index (χ4n) is 4.65. The average Bonchev–Trinajstić information content (AvgIpc) is 3.39. The van der Waals surface area contributed by atoms with Crippen molar-refractivity contribution in [2.45, 2.75) is 75.9 Å². The smallest absolute Gasteiger partial charge is 0.170 e. The molecule has 0 spiro atoms. The van der Waals surface area contributed by atoms with Crippen LogP contribution in [0.1, 0.15) is 50.6 Å². The molecule has 166 valence electrons. The second-order valence-electron chi connectivity index (χ2n) is 9.20. The van der Waals surface area contributed by atoms with Crippen molar-refractivity contribution in [3.05, 3.63) is 53.0 Å². The van der Waals surface area contributed by atoms with E-state index in [2.05, 4.69) is 48.4 Å². The molecule has 2 aliphatic rings. The largest absolute Gasteiger partial charge is 0.376 e. The van der Waals surface area contributed by atoms with Crippen LogP contribution < -0.4 is 4.90 Å². The van der Waals surface area contributed by atoms with E-state index in [9.17, 15) is 4.79 Å². The molecule has 2 unspecified atom stereocenters. The van der Waals surface area contributed by atoms with Crippen LogP contribution in [0.2, 0.25) is 0 Å². The number of aromatic nitrogens is 2. The predicted octanol–water partition coefficient (Wildman–Crippen LogP) is 5.04. The number of carbonyl (C=O) groups excluding carboxylic acids is 1. The standard InChI is InChI=1S/C25H33N3O2S/c1-16-17(2)28(15-19-10-9-13-30-19)24(26-16)31-18(3)22(29)14-23-25(4,5)20-11-7-8-12-21(20)27(23)6/h7-8,11-12,14,18-19H,9-10,13,15H2,1-6H3. The Balaban J connectivity index is 1.54. The minimum atomic E-state index is -0.218. The molecule has 6 heteroatoms. The fraction of sp³-hybridized carbons (Fsp3) is 0.520. The van der Waals surface area contributed by atoms with Crippen molar-refractivity contribution >= 4 is 23.2 Å². The summed E-state index contributed by atoms with van der Waals surface area (Å²) >= 11 is 1.55. The number of hydrogen-bond acceptors (Lipinski definition) is 5. The number of fused-ring (bicyclic) bond motifs is 1. The number of carbonyl (C=O) groups is 1. The zero-order valence-corrected chi connectivity index (χ0v) is 20.3. The fourth-order valence-corrected chi connectivity index (χ4v) is 5.68. The van der Waals surface area contributed by atoms with Gasteiger partial charge in [0.05, 0.1) is 23.6 Å². The van der Waals surface area contributed by atoms with Crippen LogP contribution in [0.4, 0.5) is 5.69 Å². The number of allylic oxidation sites excluding steroid dienone is 2. The molecule has 2 aliphatic heterocycles. The van der Waals surface area contributed by atoms with Crippen molar-refractivity contribution in [3.8, 4) is 0 Å². The van der Waals surface area contributed by atoms with Crippen molar-refractivity contribution in [1.82, 2.24) is 9.55 Å². The van der Waals surface area contributed by atoms with E-state index in [1.807, 2.05) is 33.0 Å². The minimum Gasteiger partial charge on any atom is -0.376 e. The molecule has 1 aromatic heterocycles. The van der Waals surface area contributed by atoms with Gasteiger partial charge in [0.25, 0.3) is 0 Å². The van der Waals surface area contributed by atoms with E-state index < -0.39 is 0 Å². The first-order chi connectivity index (χ1) is 14.7. The van der Waals surface area contributed by atoms with Gasteiger partial charge in [-0.3, -0.25) is 4.79 Å². The first-order valence-electron chi connectivity index (χ1n) is 11.1. The third-order valence-corrected chi connectivity index (χ3v) is 7.84. The number of nitrogens with zero attached hydrogens (tertiary/aromatic N) is 3. The molecule has 2 atom stereocenters. The molecule has 0 amide bonds. The lowest BCUT2D eigenvalue weighted by Crippen LogP contribution is -2.25. The number of imidazole rings is 1. The number of benzene rings is 1. The van der Waals surface area contributed by atoms with Gasteiger partial charge < -0.3 is 14.2 Å². The third kappa shape index (κ3) is 4.08. The number of anilines is 1. The van der Waals surface area contributed by atoms with E-state index in [0.717, 1.165) is 48.2 Å². The molecule has 31 heavy (non-hydrogen) atoms. The molecule has 0 bridgehead atoms. The molecule has 4 rings (SSSR count). The van der Waals surface area contributed by atoms with Crippen LogP contribution in [0.25, 0.3) is 0 Å². The second kappa shape index (κ2) is 8.47. The van der Waals surface area contributed by atoms with Crippen LogP contribution in [0.5, 0.6) is 0 Å². The maximum atomic E-state index is 13.2. The molecule has 0 aliphatic carbocycles. The molecule has 1 saturated heterocycles. The van der Waals surface area contributed by atoms with Gasteiger partial charge in [0, 0.05) is 42.2 Å². The lowest BCUT2D eigenvalue weighted by Gasteiger charge is -2.24. The summed E-state index contributed by atoms with van der Waals surface area (Å²) in [6, 6.07) is 8.39. The van der Waals surface area contributed by atoms with Crippen LogP contribution in [0.3, 0.4) is 0 Å². The summed E-state index contributed by atoms with van der Waals surface area (Å²) in [7, 11) is 2.05. The molecule has 2 aromatic rings. The predicted molar refractivity (Wildman–Crippen MR) is 127 cm³/mol. The van der Waals surface area contributed by atoms with Crippen LogP contribution in [0.15, 0.2) is 41.2 Å². The van der Waals surface area contributed by atoms with Gasteiger partial charge in [-0.25, -0.2) is 4.98 Å². The third-order valence-electron chi connectivity index (χ3n) is 6.74. The molecule has 5 nitrogen and oxygen atoms in total. The topological polar surface area (TPSA) is 47.4 Å². The number of rotatable bonds is 6. The maximum absolute atomic E-state index is 13.2. The van der Waals surface area contributed by atoms with Crippen molar-refractivity contribution in [2.24, 2.45) is 0 Å². The van der Waals surface area contributed by atoms with Crippen LogP contribution in [-0.4, -0.2) is 40.3 Å². The Labute approximate surface area is 189 Å². The lowest BCUT2D eigenvalue weighted by molar-refractivity contribution is -0.114. The number of ether oxygens (including phenoxy) is 1. The van der Waals surface area contributed by atoms with E-state index in [-0.39, 0.29) is 22.6 Å². The summed E-state index contributed by atoms with van der Waals surface area (Å²) in [6.07, 6.45) is 4.29.